The summed E-state index contributed by atoms with van der Waals surface area (Å²) in [7, 11) is 0. The van der Waals surface area contributed by atoms with Gasteiger partial charge in [-0.1, -0.05) is 23.2 Å². The number of Topliss-reactive ketones (excluding diaryl/α,β-unsaturated/α-hetero) is 1. The Balaban J connectivity index is 3.56. The minimum atomic E-state index is -5.90. The fourth-order valence-corrected chi connectivity index (χ4v) is 1.29. The van der Waals surface area contributed by atoms with Crippen LogP contribution in [0.15, 0.2) is 10.1 Å². The Morgan fingerprint density at radius 2 is 1.27 bits per heavy atom. The second-order valence-electron chi connectivity index (χ2n) is 2.68. The molecule has 0 fully saturated rings. The van der Waals surface area contributed by atoms with Crippen molar-refractivity contribution in [3.05, 3.63) is 10.1 Å². The first-order chi connectivity index (χ1) is 6.48. The Morgan fingerprint density at radius 3 is 1.67 bits per heavy atom. The third kappa shape index (κ3) is 1.29. The van der Waals surface area contributed by atoms with E-state index in [1.807, 2.05) is 0 Å². The molecular formula is C6Cl2F6O. The average Bonchev–Trinajstić information content (AvgIpc) is 2.12. The average molecular weight is 273 g/mol. The summed E-state index contributed by atoms with van der Waals surface area (Å²) in [6.45, 7) is 0. The molecule has 1 aliphatic carbocycles. The number of halogens is 8. The van der Waals surface area contributed by atoms with Crippen LogP contribution in [0, 0.1) is 0 Å². The molecule has 1 aliphatic rings. The van der Waals surface area contributed by atoms with Crippen molar-refractivity contribution in [2.24, 2.45) is 0 Å². The lowest BCUT2D eigenvalue weighted by atomic mass is 9.94. The Bertz CT molecular complexity index is 361. The summed E-state index contributed by atoms with van der Waals surface area (Å²) in [5, 5.41) is -3.86. The monoisotopic (exact) mass is 272 g/mol. The molecule has 15 heavy (non-hydrogen) atoms. The number of carbonyl (C=O) groups excluding carboxylic acids is 1. The van der Waals surface area contributed by atoms with Crippen LogP contribution >= 0.6 is 23.2 Å². The molecule has 0 saturated carbocycles. The largest absolute Gasteiger partial charge is 0.385 e. The lowest BCUT2D eigenvalue weighted by molar-refractivity contribution is -0.284. The van der Waals surface area contributed by atoms with E-state index in [0.29, 0.717) is 0 Å². The molecule has 0 aromatic carbocycles. The minimum absolute atomic E-state index is 1.78. The number of hydrogen-bond donors (Lipinski definition) is 0. The highest BCUT2D eigenvalue weighted by Crippen LogP contribution is 2.55. The Kier molecular flexibility index (Phi) is 2.56. The maximum absolute atomic E-state index is 12.6. The van der Waals surface area contributed by atoms with E-state index in [0.717, 1.165) is 0 Å². The van der Waals surface area contributed by atoms with Crippen LogP contribution < -0.4 is 0 Å². The van der Waals surface area contributed by atoms with E-state index in [9.17, 15) is 31.1 Å². The van der Waals surface area contributed by atoms with Crippen LogP contribution in [-0.2, 0) is 4.79 Å². The first kappa shape index (κ1) is 12.6. The van der Waals surface area contributed by atoms with Gasteiger partial charge in [-0.05, 0) is 0 Å². The second-order valence-corrected chi connectivity index (χ2v) is 3.44. The molecule has 0 spiro atoms. The first-order valence-corrected chi connectivity index (χ1v) is 3.97. The second kappa shape index (κ2) is 3.04. The summed E-state index contributed by atoms with van der Waals surface area (Å²) in [5.41, 5.74) is 0. The predicted octanol–water partition coefficient (Wildman–Crippen LogP) is 3.16. The Hall–Kier alpha value is -0.430. The van der Waals surface area contributed by atoms with Gasteiger partial charge >= 0.3 is 17.8 Å². The van der Waals surface area contributed by atoms with Crippen molar-refractivity contribution in [3.63, 3.8) is 0 Å². The van der Waals surface area contributed by atoms with E-state index in [1.54, 1.807) is 0 Å². The first-order valence-electron chi connectivity index (χ1n) is 3.22. The molecule has 1 nitrogen and oxygen atoms in total. The molecule has 0 atom stereocenters. The quantitative estimate of drug-likeness (QED) is 0.619. The maximum Gasteiger partial charge on any atom is 0.385 e. The van der Waals surface area contributed by atoms with Crippen molar-refractivity contribution < 1.29 is 31.1 Å². The standard InChI is InChI=1S/C6Cl2F6O/c7-1-2(8)4(9,10)6(13,14)5(11,12)3(1)15. The lowest BCUT2D eigenvalue weighted by Crippen LogP contribution is -2.61. The molecule has 86 valence electrons. The number of rotatable bonds is 0. The van der Waals surface area contributed by atoms with E-state index < -0.39 is 33.6 Å². The van der Waals surface area contributed by atoms with Gasteiger partial charge in [0, 0.05) is 0 Å². The molecule has 1 rings (SSSR count). The number of ketones is 1. The maximum atomic E-state index is 12.6. The molecule has 0 aliphatic heterocycles. The van der Waals surface area contributed by atoms with E-state index in [4.69, 9.17) is 11.6 Å². The number of carbonyl (C=O) groups is 1. The van der Waals surface area contributed by atoms with E-state index >= 15 is 0 Å². The fraction of sp³-hybridized carbons (Fsp3) is 0.500. The third-order valence-corrected chi connectivity index (χ3v) is 2.63. The van der Waals surface area contributed by atoms with Gasteiger partial charge in [0.2, 0.25) is 0 Å². The minimum Gasteiger partial charge on any atom is -0.286 e. The summed E-state index contributed by atoms with van der Waals surface area (Å²) in [5.74, 6) is -19.5. The van der Waals surface area contributed by atoms with Gasteiger partial charge in [0.15, 0.2) is 0 Å². The molecule has 0 saturated heterocycles. The summed E-state index contributed by atoms with van der Waals surface area (Å²) < 4.78 is 75.4. The van der Waals surface area contributed by atoms with Gasteiger partial charge in [0.05, 0.1) is 0 Å². The summed E-state index contributed by atoms with van der Waals surface area (Å²) in [4.78, 5) is 10.5. The van der Waals surface area contributed by atoms with Gasteiger partial charge < -0.3 is 0 Å². The molecule has 0 N–H and O–H groups in total. The summed E-state index contributed by atoms with van der Waals surface area (Å²) in [6.07, 6.45) is 0. The molecular weight excluding hydrogens is 273 g/mol. The van der Waals surface area contributed by atoms with Crippen molar-refractivity contribution >= 4 is 29.0 Å². The van der Waals surface area contributed by atoms with Crippen LogP contribution in [0.1, 0.15) is 0 Å². The van der Waals surface area contributed by atoms with Gasteiger partial charge in [-0.3, -0.25) is 4.79 Å². The van der Waals surface area contributed by atoms with Crippen molar-refractivity contribution in [1.82, 2.24) is 0 Å². The van der Waals surface area contributed by atoms with Crippen LogP contribution in [0.25, 0.3) is 0 Å². The van der Waals surface area contributed by atoms with E-state index in [-0.39, 0.29) is 0 Å². The van der Waals surface area contributed by atoms with Crippen LogP contribution in [0.3, 0.4) is 0 Å². The number of hydrogen-bond acceptors (Lipinski definition) is 1. The summed E-state index contributed by atoms with van der Waals surface area (Å²) in [6, 6.07) is 0. The topological polar surface area (TPSA) is 17.1 Å². The highest BCUT2D eigenvalue weighted by atomic mass is 35.5. The van der Waals surface area contributed by atoms with Crippen LogP contribution in [0.5, 0.6) is 0 Å². The van der Waals surface area contributed by atoms with Crippen LogP contribution in [0.4, 0.5) is 26.3 Å². The predicted molar refractivity (Wildman–Crippen MR) is 38.6 cm³/mol. The molecule has 0 heterocycles. The zero-order chi connectivity index (χ0) is 12.2. The molecule has 0 bridgehead atoms. The van der Waals surface area contributed by atoms with Crippen LogP contribution in [-0.4, -0.2) is 23.6 Å². The Morgan fingerprint density at radius 1 is 0.867 bits per heavy atom. The van der Waals surface area contributed by atoms with Crippen LogP contribution in [0.2, 0.25) is 0 Å². The van der Waals surface area contributed by atoms with Crippen molar-refractivity contribution in [2.45, 2.75) is 17.8 Å². The van der Waals surface area contributed by atoms with E-state index in [2.05, 4.69) is 11.6 Å². The highest BCUT2D eigenvalue weighted by molar-refractivity contribution is 6.50. The highest BCUT2D eigenvalue weighted by Gasteiger charge is 2.79. The van der Waals surface area contributed by atoms with Crippen molar-refractivity contribution in [1.29, 1.82) is 0 Å². The van der Waals surface area contributed by atoms with Gasteiger partial charge in [0.25, 0.3) is 5.78 Å². The van der Waals surface area contributed by atoms with E-state index in [1.165, 1.54) is 0 Å². The zero-order valence-electron chi connectivity index (χ0n) is 6.43. The molecule has 0 amide bonds. The fourth-order valence-electron chi connectivity index (χ4n) is 0.853. The molecule has 9 heteroatoms. The molecule has 0 aromatic rings. The lowest BCUT2D eigenvalue weighted by Gasteiger charge is -2.35. The molecule has 0 aromatic heterocycles. The van der Waals surface area contributed by atoms with Crippen molar-refractivity contribution in [3.8, 4) is 0 Å². The zero-order valence-corrected chi connectivity index (χ0v) is 7.94. The van der Waals surface area contributed by atoms with Crippen molar-refractivity contribution in [2.75, 3.05) is 0 Å². The normalized spacial score (nSPS) is 28.1. The van der Waals surface area contributed by atoms with Gasteiger partial charge in [-0.2, -0.15) is 26.3 Å². The Labute approximate surface area is 88.6 Å². The van der Waals surface area contributed by atoms with Gasteiger partial charge in [0.1, 0.15) is 10.1 Å². The van der Waals surface area contributed by atoms with Gasteiger partial charge in [-0.15, -0.1) is 0 Å². The molecule has 0 radical (unpaired) electrons. The number of alkyl halides is 6. The smallest absolute Gasteiger partial charge is 0.286 e. The number of allylic oxidation sites excluding steroid dienone is 2. The van der Waals surface area contributed by atoms with Gasteiger partial charge in [-0.25, -0.2) is 0 Å². The summed E-state index contributed by atoms with van der Waals surface area (Å²) >= 11 is 9.35. The SMILES string of the molecule is O=C1C(Cl)=C(Cl)C(F)(F)C(F)(F)C1(F)F. The molecule has 0 unspecified atom stereocenters. The third-order valence-electron chi connectivity index (χ3n) is 1.74.